The van der Waals surface area contributed by atoms with E-state index in [1.54, 1.807) is 0 Å². The van der Waals surface area contributed by atoms with Gasteiger partial charge in [0.15, 0.2) is 0 Å². The van der Waals surface area contributed by atoms with Crippen LogP contribution in [0.25, 0.3) is 0 Å². The molecule has 0 saturated carbocycles. The van der Waals surface area contributed by atoms with E-state index in [0.29, 0.717) is 19.1 Å². The molecular weight excluding hydrogens is 158 g/mol. The minimum atomic E-state index is -0.555. The van der Waals surface area contributed by atoms with Crippen molar-refractivity contribution in [1.29, 1.82) is 0 Å². The van der Waals surface area contributed by atoms with Crippen molar-refractivity contribution in [2.75, 3.05) is 13.2 Å². The summed E-state index contributed by atoms with van der Waals surface area (Å²) in [5.41, 5.74) is 0. The van der Waals surface area contributed by atoms with Gasteiger partial charge in [0.05, 0.1) is 13.2 Å². The molecule has 0 bridgehead atoms. The van der Waals surface area contributed by atoms with Crippen LogP contribution in [0, 0.1) is 5.92 Å². The van der Waals surface area contributed by atoms with Crippen molar-refractivity contribution < 1.29 is 14.3 Å². The normalized spacial score (nSPS) is 9.00. The third-order valence-electron chi connectivity index (χ3n) is 0.959. The van der Waals surface area contributed by atoms with Crippen molar-refractivity contribution in [3.8, 4) is 0 Å². The van der Waals surface area contributed by atoms with E-state index in [1.165, 1.54) is 0 Å². The quantitative estimate of drug-likeness (QED) is 0.669. The van der Waals surface area contributed by atoms with E-state index in [2.05, 4.69) is 4.74 Å². The molecule has 4 heteroatoms. The van der Waals surface area contributed by atoms with Crippen LogP contribution in [-0.4, -0.2) is 19.4 Å². The molecule has 0 saturated heterocycles. The molecule has 0 rings (SSSR count). The Hall–Kier alpha value is -0.770. The number of hydrogen-bond acceptors (Lipinski definition) is 4. The topological polar surface area (TPSA) is 70.5 Å². The molecule has 0 heterocycles. The highest BCUT2D eigenvalue weighted by Crippen LogP contribution is 1.94. The summed E-state index contributed by atoms with van der Waals surface area (Å²) in [7, 11) is 0. The molecule has 0 unspecified atom stereocenters. The number of carbonyl (C=O) groups excluding carboxylic acids is 1. The van der Waals surface area contributed by atoms with Gasteiger partial charge in [-0.05, 0) is 12.3 Å². The highest BCUT2D eigenvalue weighted by molar-refractivity contribution is 5.59. The second kappa shape index (κ2) is 8.33. The zero-order chi connectivity index (χ0) is 8.69. The van der Waals surface area contributed by atoms with Crippen molar-refractivity contribution >= 4 is 6.16 Å². The molecule has 4 nitrogen and oxygen atoms in total. The first-order valence-electron chi connectivity index (χ1n) is 3.96. The zero-order valence-corrected chi connectivity index (χ0v) is 8.13. The van der Waals surface area contributed by atoms with Crippen molar-refractivity contribution in [2.24, 2.45) is 5.92 Å². The first kappa shape index (κ1) is 13.8. The van der Waals surface area contributed by atoms with Gasteiger partial charge < -0.3 is 15.6 Å². The van der Waals surface area contributed by atoms with E-state index >= 15 is 0 Å². The van der Waals surface area contributed by atoms with E-state index in [-0.39, 0.29) is 6.15 Å². The van der Waals surface area contributed by atoms with E-state index < -0.39 is 6.16 Å². The SMILES string of the molecule is CCCOC(=O)OCC(C)C.N. The predicted octanol–water partition coefficient (Wildman–Crippen LogP) is 2.37. The molecule has 3 N–H and O–H groups in total. The summed E-state index contributed by atoms with van der Waals surface area (Å²) in [6, 6.07) is 0. The van der Waals surface area contributed by atoms with Crippen LogP contribution in [0.2, 0.25) is 0 Å². The van der Waals surface area contributed by atoms with E-state index in [0.717, 1.165) is 6.42 Å². The molecule has 0 fully saturated rings. The maximum atomic E-state index is 10.7. The van der Waals surface area contributed by atoms with Gasteiger partial charge >= 0.3 is 6.16 Å². The molecule has 0 atom stereocenters. The Balaban J connectivity index is 0. The lowest BCUT2D eigenvalue weighted by molar-refractivity contribution is 0.0477. The molecule has 0 amide bonds. The number of hydrogen-bond donors (Lipinski definition) is 1. The Kier molecular flexibility index (Phi) is 9.57. The minimum Gasteiger partial charge on any atom is -0.434 e. The van der Waals surface area contributed by atoms with Gasteiger partial charge in [-0.3, -0.25) is 0 Å². The molecule has 0 aromatic carbocycles. The van der Waals surface area contributed by atoms with Crippen LogP contribution in [0.4, 0.5) is 4.79 Å². The standard InChI is InChI=1S/C8H16O3.H3N/c1-4-5-10-8(9)11-6-7(2)3;/h7H,4-6H2,1-3H3;1H3. The maximum Gasteiger partial charge on any atom is 0.508 e. The van der Waals surface area contributed by atoms with Gasteiger partial charge in [-0.15, -0.1) is 0 Å². The number of carbonyl (C=O) groups is 1. The smallest absolute Gasteiger partial charge is 0.434 e. The van der Waals surface area contributed by atoms with Gasteiger partial charge in [0.1, 0.15) is 0 Å². The summed E-state index contributed by atoms with van der Waals surface area (Å²) < 4.78 is 9.42. The molecule has 0 radical (unpaired) electrons. The molecule has 0 aromatic heterocycles. The van der Waals surface area contributed by atoms with Crippen LogP contribution >= 0.6 is 0 Å². The highest BCUT2D eigenvalue weighted by atomic mass is 16.7. The van der Waals surface area contributed by atoms with Gasteiger partial charge in [0, 0.05) is 0 Å². The average Bonchev–Trinajstić information content (AvgIpc) is 1.97. The molecule has 0 spiro atoms. The average molecular weight is 177 g/mol. The van der Waals surface area contributed by atoms with Crippen molar-refractivity contribution in [2.45, 2.75) is 27.2 Å². The van der Waals surface area contributed by atoms with Gasteiger partial charge in [-0.2, -0.15) is 0 Å². The fraction of sp³-hybridized carbons (Fsp3) is 0.875. The summed E-state index contributed by atoms with van der Waals surface area (Å²) in [6.07, 6.45) is 0.275. The third-order valence-corrected chi connectivity index (χ3v) is 0.959. The first-order chi connectivity index (χ1) is 5.16. The van der Waals surface area contributed by atoms with Gasteiger partial charge in [0.25, 0.3) is 0 Å². The van der Waals surface area contributed by atoms with Crippen LogP contribution in [0.15, 0.2) is 0 Å². The Morgan fingerprint density at radius 2 is 1.92 bits per heavy atom. The molecule has 12 heavy (non-hydrogen) atoms. The van der Waals surface area contributed by atoms with Crippen molar-refractivity contribution in [1.82, 2.24) is 6.15 Å². The molecule has 0 aliphatic heterocycles. The lowest BCUT2D eigenvalue weighted by Crippen LogP contribution is -2.11. The zero-order valence-electron chi connectivity index (χ0n) is 8.13. The summed E-state index contributed by atoms with van der Waals surface area (Å²) in [6.45, 7) is 6.77. The van der Waals surface area contributed by atoms with Crippen LogP contribution < -0.4 is 6.15 Å². The van der Waals surface area contributed by atoms with Gasteiger partial charge in [-0.1, -0.05) is 20.8 Å². The Morgan fingerprint density at radius 1 is 1.33 bits per heavy atom. The lowest BCUT2D eigenvalue weighted by atomic mass is 10.2. The Morgan fingerprint density at radius 3 is 2.33 bits per heavy atom. The van der Waals surface area contributed by atoms with Crippen LogP contribution in [-0.2, 0) is 9.47 Å². The molecule has 0 aromatic rings. The lowest BCUT2D eigenvalue weighted by Gasteiger charge is -2.06. The van der Waals surface area contributed by atoms with Crippen LogP contribution in [0.5, 0.6) is 0 Å². The fourth-order valence-corrected chi connectivity index (χ4v) is 0.462. The van der Waals surface area contributed by atoms with E-state index in [4.69, 9.17) is 4.74 Å². The minimum absolute atomic E-state index is 0. The summed E-state index contributed by atoms with van der Waals surface area (Å²) in [5, 5.41) is 0. The second-order valence-corrected chi connectivity index (χ2v) is 2.80. The third kappa shape index (κ3) is 9.23. The molecular formula is C8H19NO3. The van der Waals surface area contributed by atoms with Crippen molar-refractivity contribution in [3.05, 3.63) is 0 Å². The predicted molar refractivity (Wildman–Crippen MR) is 47.5 cm³/mol. The largest absolute Gasteiger partial charge is 0.508 e. The Labute approximate surface area is 73.8 Å². The summed E-state index contributed by atoms with van der Waals surface area (Å²) in [5.74, 6) is 0.365. The van der Waals surface area contributed by atoms with Gasteiger partial charge in [0.2, 0.25) is 0 Å². The van der Waals surface area contributed by atoms with Crippen LogP contribution in [0.1, 0.15) is 27.2 Å². The number of ether oxygens (including phenoxy) is 2. The summed E-state index contributed by atoms with van der Waals surface area (Å²) >= 11 is 0. The number of rotatable bonds is 4. The Bertz CT molecular complexity index is 115. The highest BCUT2D eigenvalue weighted by Gasteiger charge is 2.03. The first-order valence-corrected chi connectivity index (χ1v) is 3.96. The van der Waals surface area contributed by atoms with Crippen molar-refractivity contribution in [3.63, 3.8) is 0 Å². The van der Waals surface area contributed by atoms with E-state index in [9.17, 15) is 4.79 Å². The molecule has 0 aliphatic rings. The second-order valence-electron chi connectivity index (χ2n) is 2.80. The molecule has 74 valence electrons. The summed E-state index contributed by atoms with van der Waals surface area (Å²) in [4.78, 5) is 10.7. The van der Waals surface area contributed by atoms with Crippen LogP contribution in [0.3, 0.4) is 0 Å². The maximum absolute atomic E-state index is 10.7. The molecule has 0 aliphatic carbocycles. The van der Waals surface area contributed by atoms with E-state index in [1.807, 2.05) is 20.8 Å². The monoisotopic (exact) mass is 177 g/mol. The van der Waals surface area contributed by atoms with Gasteiger partial charge in [-0.25, -0.2) is 4.79 Å². The fourth-order valence-electron chi connectivity index (χ4n) is 0.462.